The largest absolute Gasteiger partial charge is 0.396 e. The summed E-state index contributed by atoms with van der Waals surface area (Å²) < 4.78 is 5.07. The van der Waals surface area contributed by atoms with Crippen molar-refractivity contribution in [2.45, 2.75) is 32.8 Å². The van der Waals surface area contributed by atoms with Gasteiger partial charge in [0.25, 0.3) is 0 Å². The Morgan fingerprint density at radius 1 is 1.30 bits per heavy atom. The fourth-order valence-corrected chi connectivity index (χ4v) is 2.10. The second-order valence-corrected chi connectivity index (χ2v) is 4.79. The molecular weight excluding hydrogens is 256 g/mol. The summed E-state index contributed by atoms with van der Waals surface area (Å²) in [5.41, 5.74) is 0. The van der Waals surface area contributed by atoms with Crippen molar-refractivity contribution in [3.8, 4) is 0 Å². The average Bonchev–Trinajstić information content (AvgIpc) is 2.45. The molecule has 6 heteroatoms. The Morgan fingerprint density at radius 3 is 2.65 bits per heavy atom. The maximum absolute atomic E-state index is 9.08. The lowest BCUT2D eigenvalue weighted by Crippen LogP contribution is -2.17. The molecule has 1 atom stereocenters. The van der Waals surface area contributed by atoms with Crippen LogP contribution in [0, 0.1) is 5.92 Å². The summed E-state index contributed by atoms with van der Waals surface area (Å²) in [6.07, 6.45) is 3.03. The highest BCUT2D eigenvalue weighted by atomic mass is 16.5. The van der Waals surface area contributed by atoms with Crippen LogP contribution in [-0.4, -0.2) is 42.4 Å². The van der Waals surface area contributed by atoms with E-state index < -0.39 is 0 Å². The molecule has 0 spiro atoms. The molecule has 0 fully saturated rings. The molecule has 1 aromatic heterocycles. The van der Waals surface area contributed by atoms with Crippen LogP contribution in [0.25, 0.3) is 0 Å². The maximum atomic E-state index is 9.08. The lowest BCUT2D eigenvalue weighted by molar-refractivity contribution is 0.178. The van der Waals surface area contributed by atoms with Gasteiger partial charge in [0, 0.05) is 33.4 Å². The second kappa shape index (κ2) is 9.50. The van der Waals surface area contributed by atoms with Crippen molar-refractivity contribution in [2.24, 2.45) is 5.92 Å². The number of aliphatic hydroxyl groups is 1. The second-order valence-electron chi connectivity index (χ2n) is 4.79. The summed E-state index contributed by atoms with van der Waals surface area (Å²) in [5, 5.41) is 15.4. The molecule has 0 radical (unpaired) electrons. The summed E-state index contributed by atoms with van der Waals surface area (Å²) in [6, 6.07) is 1.88. The van der Waals surface area contributed by atoms with Gasteiger partial charge in [-0.3, -0.25) is 0 Å². The number of hydrogen-bond acceptors (Lipinski definition) is 6. The molecule has 1 aromatic rings. The smallest absolute Gasteiger partial charge is 0.158 e. The number of nitrogens with one attached hydrogen (secondary N) is 2. The van der Waals surface area contributed by atoms with Crippen LogP contribution in [0.5, 0.6) is 0 Å². The van der Waals surface area contributed by atoms with Gasteiger partial charge in [0.2, 0.25) is 0 Å². The van der Waals surface area contributed by atoms with Crippen LogP contribution in [0.2, 0.25) is 0 Å². The first-order valence-corrected chi connectivity index (χ1v) is 7.12. The molecule has 0 saturated heterocycles. The van der Waals surface area contributed by atoms with Crippen LogP contribution in [-0.2, 0) is 11.3 Å². The molecule has 6 nitrogen and oxygen atoms in total. The highest BCUT2D eigenvalue weighted by Gasteiger charge is 2.09. The number of nitrogens with zero attached hydrogens (tertiary/aromatic N) is 2. The summed E-state index contributed by atoms with van der Waals surface area (Å²) in [5.74, 6) is 2.67. The van der Waals surface area contributed by atoms with Crippen molar-refractivity contribution in [1.29, 1.82) is 0 Å². The van der Waals surface area contributed by atoms with Gasteiger partial charge in [-0.2, -0.15) is 0 Å². The Hall–Kier alpha value is -1.40. The normalized spacial score (nSPS) is 12.2. The number of aliphatic hydroxyl groups excluding tert-OH is 1. The molecule has 1 heterocycles. The summed E-state index contributed by atoms with van der Waals surface area (Å²) in [4.78, 5) is 8.73. The van der Waals surface area contributed by atoms with Crippen molar-refractivity contribution in [3.05, 3.63) is 11.9 Å². The van der Waals surface area contributed by atoms with Gasteiger partial charge in [-0.15, -0.1) is 0 Å². The van der Waals surface area contributed by atoms with E-state index in [0.29, 0.717) is 18.3 Å². The molecule has 0 amide bonds. The van der Waals surface area contributed by atoms with Crippen LogP contribution in [0.15, 0.2) is 6.07 Å². The molecular formula is C14H26N4O2. The minimum absolute atomic E-state index is 0.229. The number of methoxy groups -OCH3 is 1. The van der Waals surface area contributed by atoms with E-state index in [1.165, 1.54) is 0 Å². The third-order valence-electron chi connectivity index (χ3n) is 3.11. The standard InChI is InChI=1S/C14H26N4O2/c1-4-5-11(6-7-19)9-16-13-8-12(15-2)17-14(18-13)10-20-3/h8,11,19H,4-7,9-10H2,1-3H3,(H2,15,16,17,18). The van der Waals surface area contributed by atoms with E-state index in [9.17, 15) is 0 Å². The Kier molecular flexibility index (Phi) is 7.91. The zero-order chi connectivity index (χ0) is 14.8. The first-order valence-electron chi connectivity index (χ1n) is 7.12. The highest BCUT2D eigenvalue weighted by molar-refractivity contribution is 5.47. The Labute approximate surface area is 121 Å². The number of hydrogen-bond donors (Lipinski definition) is 3. The molecule has 0 aliphatic heterocycles. The van der Waals surface area contributed by atoms with Gasteiger partial charge in [-0.05, 0) is 18.8 Å². The average molecular weight is 282 g/mol. The van der Waals surface area contributed by atoms with E-state index in [1.54, 1.807) is 7.11 Å². The van der Waals surface area contributed by atoms with E-state index in [-0.39, 0.29) is 6.61 Å². The Balaban J connectivity index is 2.67. The predicted octanol–water partition coefficient (Wildman–Crippen LogP) is 1.88. The summed E-state index contributed by atoms with van der Waals surface area (Å²) in [6.45, 7) is 3.58. The van der Waals surface area contributed by atoms with E-state index in [4.69, 9.17) is 9.84 Å². The van der Waals surface area contributed by atoms with Crippen molar-refractivity contribution >= 4 is 11.6 Å². The molecule has 0 aliphatic carbocycles. The number of rotatable bonds is 10. The number of anilines is 2. The Morgan fingerprint density at radius 2 is 2.05 bits per heavy atom. The SMILES string of the molecule is CCCC(CCO)CNc1cc(NC)nc(COC)n1. The lowest BCUT2D eigenvalue weighted by Gasteiger charge is -2.16. The molecule has 0 aromatic carbocycles. The third kappa shape index (κ3) is 5.71. The first kappa shape index (κ1) is 16.7. The maximum Gasteiger partial charge on any atom is 0.158 e. The molecule has 114 valence electrons. The van der Waals surface area contributed by atoms with Crippen molar-refractivity contribution in [1.82, 2.24) is 9.97 Å². The first-order chi connectivity index (χ1) is 9.73. The van der Waals surface area contributed by atoms with Gasteiger partial charge in [0.05, 0.1) is 0 Å². The Bertz CT molecular complexity index is 381. The quantitative estimate of drug-likeness (QED) is 0.608. The fraction of sp³-hybridized carbons (Fsp3) is 0.714. The topological polar surface area (TPSA) is 79.3 Å². The van der Waals surface area contributed by atoms with Crippen LogP contribution >= 0.6 is 0 Å². The zero-order valence-electron chi connectivity index (χ0n) is 12.6. The van der Waals surface area contributed by atoms with Crippen LogP contribution in [0.3, 0.4) is 0 Å². The van der Waals surface area contributed by atoms with Gasteiger partial charge in [0.1, 0.15) is 18.2 Å². The molecule has 1 rings (SSSR count). The van der Waals surface area contributed by atoms with Gasteiger partial charge in [0.15, 0.2) is 5.82 Å². The van der Waals surface area contributed by atoms with E-state index in [2.05, 4.69) is 27.5 Å². The molecule has 3 N–H and O–H groups in total. The molecule has 0 bridgehead atoms. The van der Waals surface area contributed by atoms with E-state index in [0.717, 1.165) is 37.4 Å². The lowest BCUT2D eigenvalue weighted by atomic mass is 10.0. The highest BCUT2D eigenvalue weighted by Crippen LogP contribution is 2.15. The van der Waals surface area contributed by atoms with Crippen molar-refractivity contribution in [3.63, 3.8) is 0 Å². The zero-order valence-corrected chi connectivity index (χ0v) is 12.6. The van der Waals surface area contributed by atoms with E-state index >= 15 is 0 Å². The van der Waals surface area contributed by atoms with Crippen LogP contribution in [0.4, 0.5) is 11.6 Å². The number of ether oxygens (including phenoxy) is 1. The minimum atomic E-state index is 0.229. The van der Waals surface area contributed by atoms with E-state index in [1.807, 2.05) is 13.1 Å². The molecule has 0 saturated carbocycles. The van der Waals surface area contributed by atoms with Gasteiger partial charge in [-0.1, -0.05) is 13.3 Å². The monoisotopic (exact) mass is 282 g/mol. The molecule has 1 unspecified atom stereocenters. The number of aromatic nitrogens is 2. The third-order valence-corrected chi connectivity index (χ3v) is 3.11. The summed E-state index contributed by atoms with van der Waals surface area (Å²) in [7, 11) is 3.45. The van der Waals surface area contributed by atoms with Gasteiger partial charge in [-0.25, -0.2) is 9.97 Å². The molecule has 20 heavy (non-hydrogen) atoms. The summed E-state index contributed by atoms with van der Waals surface area (Å²) >= 11 is 0. The van der Waals surface area contributed by atoms with Crippen molar-refractivity contribution < 1.29 is 9.84 Å². The van der Waals surface area contributed by atoms with Crippen LogP contribution in [0.1, 0.15) is 32.0 Å². The van der Waals surface area contributed by atoms with Gasteiger partial charge < -0.3 is 20.5 Å². The van der Waals surface area contributed by atoms with Crippen molar-refractivity contribution in [2.75, 3.05) is 37.9 Å². The minimum Gasteiger partial charge on any atom is -0.396 e. The predicted molar refractivity (Wildman–Crippen MR) is 80.9 cm³/mol. The molecule has 0 aliphatic rings. The van der Waals surface area contributed by atoms with Gasteiger partial charge >= 0.3 is 0 Å². The van der Waals surface area contributed by atoms with Crippen LogP contribution < -0.4 is 10.6 Å². The fourth-order valence-electron chi connectivity index (χ4n) is 2.10.